The van der Waals surface area contributed by atoms with Gasteiger partial charge in [0.2, 0.25) is 11.8 Å². The largest absolute Gasteiger partial charge is 0.462 e. The van der Waals surface area contributed by atoms with Crippen LogP contribution in [0, 0.1) is 5.92 Å². The van der Waals surface area contributed by atoms with E-state index < -0.39 is 0 Å². The van der Waals surface area contributed by atoms with E-state index in [1.165, 1.54) is 18.1 Å². The molecule has 2 heterocycles. The minimum absolute atomic E-state index is 0.0718. The Hall–Kier alpha value is -3.14. The number of hydrogen-bond acceptors (Lipinski definition) is 8. The summed E-state index contributed by atoms with van der Waals surface area (Å²) in [6, 6.07) is 8.87. The van der Waals surface area contributed by atoms with Crippen LogP contribution in [0.25, 0.3) is 0 Å². The summed E-state index contributed by atoms with van der Waals surface area (Å²) < 4.78 is 4.96. The van der Waals surface area contributed by atoms with Gasteiger partial charge < -0.3 is 20.3 Å². The smallest absolute Gasteiger partial charge is 0.338 e. The number of ether oxygens (including phenoxy) is 1. The second kappa shape index (κ2) is 11.3. The molecule has 1 aliphatic carbocycles. The second-order valence-corrected chi connectivity index (χ2v) is 9.39. The number of hydrogen-bond donors (Lipinski definition) is 2. The molecule has 0 radical (unpaired) electrons. The van der Waals surface area contributed by atoms with E-state index in [9.17, 15) is 14.4 Å². The molecule has 34 heavy (non-hydrogen) atoms. The Kier molecular flexibility index (Phi) is 7.99. The second-order valence-electron chi connectivity index (χ2n) is 8.39. The van der Waals surface area contributed by atoms with Crippen LogP contribution in [-0.4, -0.2) is 59.2 Å². The highest BCUT2D eigenvalue weighted by molar-refractivity contribution is 7.99. The van der Waals surface area contributed by atoms with Crippen LogP contribution in [0.15, 0.2) is 41.7 Å². The van der Waals surface area contributed by atoms with Crippen molar-refractivity contribution in [3.63, 3.8) is 0 Å². The summed E-state index contributed by atoms with van der Waals surface area (Å²) in [7, 11) is 0. The third-order valence-electron chi connectivity index (χ3n) is 5.77. The monoisotopic (exact) mass is 483 g/mol. The van der Waals surface area contributed by atoms with E-state index in [-0.39, 0.29) is 29.5 Å². The molecule has 2 aromatic rings. The maximum absolute atomic E-state index is 12.4. The first-order valence-electron chi connectivity index (χ1n) is 11.6. The first-order valence-corrected chi connectivity index (χ1v) is 12.6. The predicted molar refractivity (Wildman–Crippen MR) is 130 cm³/mol. The fourth-order valence-electron chi connectivity index (χ4n) is 3.74. The summed E-state index contributed by atoms with van der Waals surface area (Å²) in [4.78, 5) is 47.2. The lowest BCUT2D eigenvalue weighted by atomic mass is 9.96. The summed E-state index contributed by atoms with van der Waals surface area (Å²) in [5, 5.41) is 6.63. The van der Waals surface area contributed by atoms with Gasteiger partial charge in [-0.05, 0) is 56.9 Å². The van der Waals surface area contributed by atoms with Crippen LogP contribution >= 0.6 is 11.8 Å². The fraction of sp³-hybridized carbons (Fsp3) is 0.458. The number of nitrogens with one attached hydrogen (secondary N) is 2. The number of carbonyl (C=O) groups excluding carboxylic acids is 3. The highest BCUT2D eigenvalue weighted by Crippen LogP contribution is 2.26. The summed E-state index contributed by atoms with van der Waals surface area (Å²) in [6.45, 7) is 3.61. The Morgan fingerprint density at radius 1 is 1.09 bits per heavy atom. The number of rotatable bonds is 9. The highest BCUT2D eigenvalue weighted by atomic mass is 32.2. The maximum atomic E-state index is 12.4. The molecule has 2 aliphatic rings. The van der Waals surface area contributed by atoms with Crippen molar-refractivity contribution in [2.24, 2.45) is 5.92 Å². The molecule has 1 saturated carbocycles. The maximum Gasteiger partial charge on any atom is 0.338 e. The van der Waals surface area contributed by atoms with Crippen molar-refractivity contribution in [1.29, 1.82) is 0 Å². The van der Waals surface area contributed by atoms with Crippen molar-refractivity contribution in [2.75, 3.05) is 35.7 Å². The standard InChI is InChI=1S/C24H29N5O4S/c1-2-33-24(32)17-3-5-18(6-4-17)27-21(30)14-34-22-13-20(25-15-26-22)29-11-9-16(10-12-29)23(31)28-19-7-8-19/h3-6,13,15-16,19H,2,7-12,14H2,1H3,(H,27,30)(H,28,31). The van der Waals surface area contributed by atoms with Crippen LogP contribution in [0.4, 0.5) is 11.5 Å². The molecule has 2 fully saturated rings. The van der Waals surface area contributed by atoms with Gasteiger partial charge in [0, 0.05) is 36.8 Å². The number of thioether (sulfide) groups is 1. The van der Waals surface area contributed by atoms with Gasteiger partial charge in [0.05, 0.1) is 17.9 Å². The molecule has 1 saturated heterocycles. The van der Waals surface area contributed by atoms with E-state index >= 15 is 0 Å². The number of benzene rings is 1. The summed E-state index contributed by atoms with van der Waals surface area (Å²) >= 11 is 1.33. The molecular formula is C24H29N5O4S. The third kappa shape index (κ3) is 6.69. The molecule has 4 rings (SSSR count). The van der Waals surface area contributed by atoms with Crippen molar-refractivity contribution in [3.8, 4) is 0 Å². The van der Waals surface area contributed by atoms with E-state index in [1.54, 1.807) is 31.2 Å². The van der Waals surface area contributed by atoms with Crippen LogP contribution in [0.1, 0.15) is 43.0 Å². The van der Waals surface area contributed by atoms with Gasteiger partial charge >= 0.3 is 5.97 Å². The van der Waals surface area contributed by atoms with Gasteiger partial charge in [0.1, 0.15) is 17.2 Å². The topological polar surface area (TPSA) is 114 Å². The lowest BCUT2D eigenvalue weighted by molar-refractivity contribution is -0.125. The van der Waals surface area contributed by atoms with Crippen molar-refractivity contribution in [3.05, 3.63) is 42.2 Å². The summed E-state index contributed by atoms with van der Waals surface area (Å²) in [6.07, 6.45) is 5.33. The zero-order valence-electron chi connectivity index (χ0n) is 19.2. The molecule has 1 aromatic heterocycles. The SMILES string of the molecule is CCOC(=O)c1ccc(NC(=O)CSc2cc(N3CCC(C(=O)NC4CC4)CC3)ncn2)cc1. The lowest BCUT2D eigenvalue weighted by Gasteiger charge is -2.32. The van der Waals surface area contributed by atoms with E-state index in [2.05, 4.69) is 25.5 Å². The Morgan fingerprint density at radius 2 is 1.82 bits per heavy atom. The molecule has 2 amide bonds. The summed E-state index contributed by atoms with van der Waals surface area (Å²) in [5.74, 6) is 0.705. The van der Waals surface area contributed by atoms with Crippen molar-refractivity contribution >= 4 is 41.1 Å². The number of aromatic nitrogens is 2. The van der Waals surface area contributed by atoms with Gasteiger partial charge in [-0.1, -0.05) is 11.8 Å². The van der Waals surface area contributed by atoms with Crippen LogP contribution in [0.5, 0.6) is 0 Å². The molecule has 180 valence electrons. The normalized spacial score (nSPS) is 16.1. The average Bonchev–Trinajstić information content (AvgIpc) is 3.68. The van der Waals surface area contributed by atoms with Gasteiger partial charge in [-0.2, -0.15) is 0 Å². The Bertz CT molecular complexity index is 1020. The molecule has 0 bridgehead atoms. The number of amides is 2. The van der Waals surface area contributed by atoms with Crippen molar-refractivity contribution in [2.45, 2.75) is 43.7 Å². The zero-order chi connectivity index (χ0) is 23.9. The molecular weight excluding hydrogens is 454 g/mol. The number of carbonyl (C=O) groups is 3. The molecule has 0 atom stereocenters. The molecule has 2 N–H and O–H groups in total. The average molecular weight is 484 g/mol. The van der Waals surface area contributed by atoms with Crippen LogP contribution in [0.3, 0.4) is 0 Å². The van der Waals surface area contributed by atoms with E-state index in [0.717, 1.165) is 44.6 Å². The molecule has 9 nitrogen and oxygen atoms in total. The first kappa shape index (κ1) is 24.0. The van der Waals surface area contributed by atoms with Crippen molar-refractivity contribution < 1.29 is 19.1 Å². The van der Waals surface area contributed by atoms with Gasteiger partial charge in [-0.15, -0.1) is 0 Å². The van der Waals surface area contributed by atoms with Crippen LogP contribution < -0.4 is 15.5 Å². The van der Waals surface area contributed by atoms with Gasteiger partial charge in [-0.25, -0.2) is 14.8 Å². The van der Waals surface area contributed by atoms with Crippen LogP contribution in [-0.2, 0) is 14.3 Å². The summed E-state index contributed by atoms with van der Waals surface area (Å²) in [5.41, 5.74) is 1.05. The quantitative estimate of drug-likeness (QED) is 0.318. The number of anilines is 2. The first-order chi connectivity index (χ1) is 16.5. The van der Waals surface area contributed by atoms with Gasteiger partial charge in [0.15, 0.2) is 0 Å². The van der Waals surface area contributed by atoms with Crippen molar-refractivity contribution in [1.82, 2.24) is 15.3 Å². The molecule has 0 unspecified atom stereocenters. The number of piperidine rings is 1. The van der Waals surface area contributed by atoms with Gasteiger partial charge in [-0.3, -0.25) is 9.59 Å². The third-order valence-corrected chi connectivity index (χ3v) is 6.70. The number of nitrogens with zero attached hydrogens (tertiary/aromatic N) is 3. The highest BCUT2D eigenvalue weighted by Gasteiger charge is 2.30. The van der Waals surface area contributed by atoms with Crippen LogP contribution in [0.2, 0.25) is 0 Å². The zero-order valence-corrected chi connectivity index (χ0v) is 20.0. The van der Waals surface area contributed by atoms with Gasteiger partial charge in [0.25, 0.3) is 0 Å². The molecule has 1 aliphatic heterocycles. The van der Waals surface area contributed by atoms with E-state index in [4.69, 9.17) is 4.74 Å². The lowest BCUT2D eigenvalue weighted by Crippen LogP contribution is -2.41. The van der Waals surface area contributed by atoms with E-state index in [0.29, 0.717) is 28.9 Å². The fourth-order valence-corrected chi connectivity index (χ4v) is 4.40. The predicted octanol–water partition coefficient (Wildman–Crippen LogP) is 2.88. The van der Waals surface area contributed by atoms with E-state index in [1.807, 2.05) is 6.07 Å². The molecule has 0 spiro atoms. The molecule has 10 heteroatoms. The Morgan fingerprint density at radius 3 is 2.50 bits per heavy atom. The minimum atomic E-state index is -0.388. The Balaban J connectivity index is 1.24. The minimum Gasteiger partial charge on any atom is -0.462 e. The number of esters is 1. The Labute approximate surface area is 203 Å². The molecule has 1 aromatic carbocycles.